The van der Waals surface area contributed by atoms with E-state index in [2.05, 4.69) is 16.0 Å². The Kier molecular flexibility index (Phi) is 6.73. The maximum Gasteiger partial charge on any atom is 0.225 e. The van der Waals surface area contributed by atoms with Crippen LogP contribution in [0.2, 0.25) is 0 Å². The van der Waals surface area contributed by atoms with Crippen LogP contribution in [0.1, 0.15) is 63.1 Å². The van der Waals surface area contributed by atoms with Crippen LogP contribution in [0.3, 0.4) is 0 Å². The average Bonchev–Trinajstić information content (AvgIpc) is 3.29. The van der Waals surface area contributed by atoms with E-state index < -0.39 is 0 Å². The number of likely N-dealkylation sites (tertiary alicyclic amines) is 1. The molecule has 0 bridgehead atoms. The lowest BCUT2D eigenvalue weighted by molar-refractivity contribution is -0.133. The van der Waals surface area contributed by atoms with Crippen molar-refractivity contribution >= 4 is 11.9 Å². The number of hydrogen-bond donors (Lipinski definition) is 0. The highest BCUT2D eigenvalue weighted by Crippen LogP contribution is 2.39. The molecule has 0 unspecified atom stereocenters. The van der Waals surface area contributed by atoms with Crippen LogP contribution in [0.15, 0.2) is 30.5 Å². The van der Waals surface area contributed by atoms with Crippen LogP contribution in [-0.2, 0) is 4.79 Å². The number of benzene rings is 1. The molecule has 1 aliphatic heterocycles. The molecule has 0 spiro atoms. The zero-order valence-electron chi connectivity index (χ0n) is 19.0. The minimum atomic E-state index is -0.000934. The van der Waals surface area contributed by atoms with E-state index in [1.165, 1.54) is 32.1 Å². The summed E-state index contributed by atoms with van der Waals surface area (Å²) in [5.41, 5.74) is 2.94. The first-order valence-electron chi connectivity index (χ1n) is 11.5. The van der Waals surface area contributed by atoms with Gasteiger partial charge in [-0.3, -0.25) is 4.79 Å². The molecule has 2 aliphatic rings. The Morgan fingerprint density at radius 1 is 1.16 bits per heavy atom. The van der Waals surface area contributed by atoms with E-state index in [0.717, 1.165) is 42.0 Å². The Hall–Kier alpha value is -2.63. The van der Waals surface area contributed by atoms with E-state index in [9.17, 15) is 4.79 Å². The van der Waals surface area contributed by atoms with Gasteiger partial charge in [0, 0.05) is 38.8 Å². The number of rotatable bonds is 6. The van der Waals surface area contributed by atoms with E-state index in [1.807, 2.05) is 43.4 Å². The average molecular weight is 423 g/mol. The fraction of sp³-hybridized carbons (Fsp3) is 0.560. The third kappa shape index (κ3) is 4.83. The highest BCUT2D eigenvalue weighted by atomic mass is 16.5. The monoisotopic (exact) mass is 422 g/mol. The van der Waals surface area contributed by atoms with Gasteiger partial charge in [0.15, 0.2) is 0 Å². The van der Waals surface area contributed by atoms with Crippen LogP contribution in [0.4, 0.5) is 5.95 Å². The minimum absolute atomic E-state index is 0.000934. The molecule has 166 valence electrons. The molecular formula is C25H34N4O2. The molecule has 4 rings (SSSR count). The quantitative estimate of drug-likeness (QED) is 0.666. The largest absolute Gasteiger partial charge is 0.497 e. The summed E-state index contributed by atoms with van der Waals surface area (Å²) in [6.45, 7) is 0.815. The van der Waals surface area contributed by atoms with Gasteiger partial charge in [-0.25, -0.2) is 9.97 Å². The Balaban J connectivity index is 1.66. The van der Waals surface area contributed by atoms with Crippen molar-refractivity contribution in [1.82, 2.24) is 14.9 Å². The van der Waals surface area contributed by atoms with Crippen LogP contribution < -0.4 is 9.64 Å². The summed E-state index contributed by atoms with van der Waals surface area (Å²) in [6.07, 6.45) is 10.8. The van der Waals surface area contributed by atoms with Crippen molar-refractivity contribution in [3.05, 3.63) is 36.2 Å². The SMILES string of the molecule is COc1cccc(-c2cnc(N(C)C)nc2[C@@H]2CCCN2C(=O)CC2CCCCC2)c1. The molecule has 0 radical (unpaired) electrons. The summed E-state index contributed by atoms with van der Waals surface area (Å²) in [6, 6.07) is 8.00. The molecular weight excluding hydrogens is 388 g/mol. The lowest BCUT2D eigenvalue weighted by atomic mass is 9.86. The van der Waals surface area contributed by atoms with Crippen molar-refractivity contribution < 1.29 is 9.53 Å². The Morgan fingerprint density at radius 2 is 1.97 bits per heavy atom. The number of hydrogen-bond acceptors (Lipinski definition) is 5. The van der Waals surface area contributed by atoms with Gasteiger partial charge in [0.25, 0.3) is 0 Å². The normalized spacial score (nSPS) is 19.5. The predicted octanol–water partition coefficient (Wildman–Crippen LogP) is 4.85. The van der Waals surface area contributed by atoms with Crippen molar-refractivity contribution in [1.29, 1.82) is 0 Å². The first-order valence-corrected chi connectivity index (χ1v) is 11.5. The van der Waals surface area contributed by atoms with Gasteiger partial charge >= 0.3 is 0 Å². The second kappa shape index (κ2) is 9.67. The van der Waals surface area contributed by atoms with Crippen molar-refractivity contribution in [2.75, 3.05) is 32.6 Å². The van der Waals surface area contributed by atoms with E-state index in [4.69, 9.17) is 9.72 Å². The molecule has 2 heterocycles. The van der Waals surface area contributed by atoms with Crippen molar-refractivity contribution in [2.45, 2.75) is 57.4 Å². The zero-order chi connectivity index (χ0) is 21.8. The molecule has 1 saturated heterocycles. The molecule has 0 N–H and O–H groups in total. The Morgan fingerprint density at radius 3 is 2.71 bits per heavy atom. The first kappa shape index (κ1) is 21.6. The molecule has 2 aromatic rings. The Labute approximate surface area is 185 Å². The molecule has 6 heteroatoms. The lowest BCUT2D eigenvalue weighted by Crippen LogP contribution is -2.33. The van der Waals surface area contributed by atoms with Crippen molar-refractivity contribution in [2.24, 2.45) is 5.92 Å². The summed E-state index contributed by atoms with van der Waals surface area (Å²) >= 11 is 0. The molecule has 1 aromatic heterocycles. The second-order valence-corrected chi connectivity index (χ2v) is 9.05. The van der Waals surface area contributed by atoms with Gasteiger partial charge in [-0.15, -0.1) is 0 Å². The summed E-state index contributed by atoms with van der Waals surface area (Å²) in [7, 11) is 5.57. The van der Waals surface area contributed by atoms with Gasteiger partial charge in [-0.05, 0) is 49.3 Å². The standard InChI is InChI=1S/C25H34N4O2/c1-28(2)25-26-17-21(19-11-7-12-20(16-19)31-3)24(27-25)22-13-8-14-29(22)23(30)15-18-9-5-4-6-10-18/h7,11-12,16-18,22H,4-6,8-10,13-15H2,1-3H3/t22-/m0/s1. The number of anilines is 1. The lowest BCUT2D eigenvalue weighted by Gasteiger charge is -2.29. The number of carbonyl (C=O) groups excluding carboxylic acids is 1. The number of aromatic nitrogens is 2. The number of nitrogens with zero attached hydrogens (tertiary/aromatic N) is 4. The summed E-state index contributed by atoms with van der Waals surface area (Å²) < 4.78 is 5.43. The number of amides is 1. The van der Waals surface area contributed by atoms with Crippen LogP contribution in [0, 0.1) is 5.92 Å². The van der Waals surface area contributed by atoms with E-state index in [1.54, 1.807) is 7.11 Å². The van der Waals surface area contributed by atoms with E-state index >= 15 is 0 Å². The van der Waals surface area contributed by atoms with Gasteiger partial charge in [0.1, 0.15) is 5.75 Å². The molecule has 6 nitrogen and oxygen atoms in total. The van der Waals surface area contributed by atoms with Crippen molar-refractivity contribution in [3.8, 4) is 16.9 Å². The highest BCUT2D eigenvalue weighted by Gasteiger charge is 2.34. The van der Waals surface area contributed by atoms with Gasteiger partial charge in [-0.2, -0.15) is 0 Å². The van der Waals surface area contributed by atoms with Crippen LogP contribution in [-0.4, -0.2) is 48.5 Å². The van der Waals surface area contributed by atoms with E-state index in [-0.39, 0.29) is 11.9 Å². The van der Waals surface area contributed by atoms with Gasteiger partial charge in [0.2, 0.25) is 11.9 Å². The van der Waals surface area contributed by atoms with Crippen LogP contribution >= 0.6 is 0 Å². The smallest absolute Gasteiger partial charge is 0.225 e. The zero-order valence-corrected chi connectivity index (χ0v) is 19.0. The fourth-order valence-corrected chi connectivity index (χ4v) is 4.97. The number of ether oxygens (including phenoxy) is 1. The highest BCUT2D eigenvalue weighted by molar-refractivity contribution is 5.78. The summed E-state index contributed by atoms with van der Waals surface area (Å²) in [5.74, 6) is 2.31. The molecule has 31 heavy (non-hydrogen) atoms. The first-order chi connectivity index (χ1) is 15.1. The Bertz CT molecular complexity index is 908. The molecule has 1 saturated carbocycles. The maximum absolute atomic E-state index is 13.3. The predicted molar refractivity (Wildman–Crippen MR) is 123 cm³/mol. The fourth-order valence-electron chi connectivity index (χ4n) is 4.97. The van der Waals surface area contributed by atoms with Gasteiger partial charge in [0.05, 0.1) is 18.8 Å². The number of methoxy groups -OCH3 is 1. The summed E-state index contributed by atoms with van der Waals surface area (Å²) in [5, 5.41) is 0. The molecule has 1 atom stereocenters. The van der Waals surface area contributed by atoms with Crippen LogP contribution in [0.25, 0.3) is 11.1 Å². The van der Waals surface area contributed by atoms with Gasteiger partial charge in [-0.1, -0.05) is 31.4 Å². The third-order valence-corrected chi connectivity index (χ3v) is 6.66. The van der Waals surface area contributed by atoms with Gasteiger partial charge < -0.3 is 14.5 Å². The molecule has 1 amide bonds. The third-order valence-electron chi connectivity index (χ3n) is 6.66. The minimum Gasteiger partial charge on any atom is -0.497 e. The van der Waals surface area contributed by atoms with Crippen LogP contribution in [0.5, 0.6) is 5.75 Å². The van der Waals surface area contributed by atoms with E-state index in [0.29, 0.717) is 18.3 Å². The second-order valence-electron chi connectivity index (χ2n) is 9.05. The topological polar surface area (TPSA) is 58.6 Å². The maximum atomic E-state index is 13.3. The van der Waals surface area contributed by atoms with Crippen molar-refractivity contribution in [3.63, 3.8) is 0 Å². The number of carbonyl (C=O) groups is 1. The molecule has 1 aliphatic carbocycles. The summed E-state index contributed by atoms with van der Waals surface area (Å²) in [4.78, 5) is 26.8. The molecule has 1 aromatic carbocycles. The molecule has 2 fully saturated rings.